The summed E-state index contributed by atoms with van der Waals surface area (Å²) in [6, 6.07) is -0.795. The van der Waals surface area contributed by atoms with Crippen molar-refractivity contribution in [3.05, 3.63) is 0 Å². The number of unbranched alkanes of at least 4 members (excludes halogenated alkanes) is 24. The van der Waals surface area contributed by atoms with E-state index in [0.717, 1.165) is 19.3 Å². The van der Waals surface area contributed by atoms with Crippen LogP contribution in [0.15, 0.2) is 0 Å². The van der Waals surface area contributed by atoms with Crippen LogP contribution in [0.2, 0.25) is 0 Å². The van der Waals surface area contributed by atoms with Crippen LogP contribution < -0.4 is 10.2 Å². The Morgan fingerprint density at radius 2 is 1.02 bits per heavy atom. The number of carbonyl (C=O) groups is 1. The minimum Gasteiger partial charge on any atom is -0.756 e. The van der Waals surface area contributed by atoms with Crippen LogP contribution in [-0.4, -0.2) is 68.5 Å². The van der Waals surface area contributed by atoms with Gasteiger partial charge < -0.3 is 28.8 Å². The first-order chi connectivity index (χ1) is 22.0. The maximum Gasteiger partial charge on any atom is 0.268 e. The van der Waals surface area contributed by atoms with Crippen molar-refractivity contribution in [2.75, 3.05) is 40.9 Å². The monoisotopic (exact) mass is 677 g/mol. The second-order valence-corrected chi connectivity index (χ2v) is 16.1. The molecular formula is C37H77N2O6P. The van der Waals surface area contributed by atoms with Crippen LogP contribution in [0.25, 0.3) is 0 Å². The fourth-order valence-electron chi connectivity index (χ4n) is 5.84. The number of amides is 1. The van der Waals surface area contributed by atoms with Crippen molar-refractivity contribution in [2.45, 2.75) is 193 Å². The molecule has 0 rings (SSSR count). The number of aliphatic hydroxyl groups is 1. The number of nitrogens with one attached hydrogen (secondary N) is 1. The molecule has 0 aliphatic carbocycles. The Morgan fingerprint density at radius 3 is 1.35 bits per heavy atom. The van der Waals surface area contributed by atoms with Crippen molar-refractivity contribution in [1.29, 1.82) is 0 Å². The van der Waals surface area contributed by atoms with Gasteiger partial charge in [-0.15, -0.1) is 0 Å². The van der Waals surface area contributed by atoms with Gasteiger partial charge in [-0.25, -0.2) is 0 Å². The maximum absolute atomic E-state index is 12.1. The average Bonchev–Trinajstić information content (AvgIpc) is 2.98. The van der Waals surface area contributed by atoms with E-state index in [0.29, 0.717) is 17.4 Å². The molecule has 276 valence electrons. The van der Waals surface area contributed by atoms with Gasteiger partial charge in [-0.3, -0.25) is 9.36 Å². The number of hydrogen-bond acceptors (Lipinski definition) is 6. The van der Waals surface area contributed by atoms with Gasteiger partial charge in [-0.05, 0) is 6.42 Å². The lowest BCUT2D eigenvalue weighted by molar-refractivity contribution is -0.870. The molecule has 3 unspecified atom stereocenters. The highest BCUT2D eigenvalue weighted by atomic mass is 31.2. The largest absolute Gasteiger partial charge is 0.756 e. The number of likely N-dealkylation sites (N-methyl/N-ethyl adjacent to an activating group) is 1. The van der Waals surface area contributed by atoms with Crippen LogP contribution in [0.4, 0.5) is 0 Å². The summed E-state index contributed by atoms with van der Waals surface area (Å²) in [7, 11) is 1.30. The van der Waals surface area contributed by atoms with Crippen molar-refractivity contribution in [3.8, 4) is 0 Å². The third-order valence-electron chi connectivity index (χ3n) is 8.88. The Hall–Kier alpha value is -0.500. The lowest BCUT2D eigenvalue weighted by Crippen LogP contribution is -2.45. The molecule has 0 aromatic carbocycles. The van der Waals surface area contributed by atoms with Crippen molar-refractivity contribution in [2.24, 2.45) is 0 Å². The van der Waals surface area contributed by atoms with Gasteiger partial charge in [0.15, 0.2) is 0 Å². The summed E-state index contributed by atoms with van der Waals surface area (Å²) in [6.07, 6.45) is 33.2. The average molecular weight is 677 g/mol. The third-order valence-corrected chi connectivity index (χ3v) is 9.84. The van der Waals surface area contributed by atoms with Crippen LogP contribution in [-0.2, 0) is 18.4 Å². The summed E-state index contributed by atoms with van der Waals surface area (Å²) in [5.74, 6) is -0.339. The third kappa shape index (κ3) is 33.4. The Balaban J connectivity index is 3.63. The molecule has 0 aliphatic heterocycles. The summed E-state index contributed by atoms with van der Waals surface area (Å²) < 4.78 is 22.6. The van der Waals surface area contributed by atoms with E-state index in [4.69, 9.17) is 9.05 Å². The first-order valence-corrected chi connectivity index (χ1v) is 20.8. The Labute approximate surface area is 285 Å². The molecule has 2 N–H and O–H groups in total. The van der Waals surface area contributed by atoms with E-state index < -0.39 is 20.0 Å². The van der Waals surface area contributed by atoms with Gasteiger partial charge in [-0.2, -0.15) is 0 Å². The summed E-state index contributed by atoms with van der Waals surface area (Å²) in [5.41, 5.74) is 0. The summed E-state index contributed by atoms with van der Waals surface area (Å²) in [6.45, 7) is 3.81. The Kier molecular flexibility index (Phi) is 30.2. The van der Waals surface area contributed by atoms with Crippen molar-refractivity contribution >= 4 is 13.7 Å². The van der Waals surface area contributed by atoms with E-state index in [1.165, 1.54) is 148 Å². The van der Waals surface area contributed by atoms with E-state index in [9.17, 15) is 19.4 Å². The van der Waals surface area contributed by atoms with Gasteiger partial charge >= 0.3 is 0 Å². The molecule has 0 aliphatic rings. The number of phosphoric ester groups is 1. The van der Waals surface area contributed by atoms with Crippen LogP contribution >= 0.6 is 7.82 Å². The maximum atomic E-state index is 12.1. The Bertz CT molecular complexity index is 733. The molecule has 3 atom stereocenters. The summed E-state index contributed by atoms with van der Waals surface area (Å²) >= 11 is 0. The van der Waals surface area contributed by atoms with E-state index in [1.807, 2.05) is 21.1 Å². The number of nitrogens with zero attached hydrogens (tertiary/aromatic N) is 1. The highest BCUT2D eigenvalue weighted by molar-refractivity contribution is 7.45. The standard InChI is InChI=1S/C37H77N2O6P/c1-6-7-8-9-10-11-12-13-14-15-16-17-18-19-20-21-22-23-24-25-26-27-28-29-30-31-37(41)36(38-35(2)40)34-45-46(42,43)44-33-32-39(3,4)5/h36-37,41H,6-34H2,1-5H3,(H-,38,40,42,43). The van der Waals surface area contributed by atoms with Crippen LogP contribution in [0.5, 0.6) is 0 Å². The zero-order chi connectivity index (χ0) is 34.4. The van der Waals surface area contributed by atoms with E-state index in [-0.39, 0.29) is 19.1 Å². The number of carbonyl (C=O) groups excluding carboxylic acids is 1. The Morgan fingerprint density at radius 1 is 0.674 bits per heavy atom. The number of hydrogen-bond donors (Lipinski definition) is 2. The number of rotatable bonds is 35. The zero-order valence-corrected chi connectivity index (χ0v) is 31.9. The molecular weight excluding hydrogens is 599 g/mol. The lowest BCUT2D eigenvalue weighted by Gasteiger charge is -2.29. The van der Waals surface area contributed by atoms with Crippen molar-refractivity contribution in [1.82, 2.24) is 5.32 Å². The van der Waals surface area contributed by atoms with Crippen molar-refractivity contribution < 1.29 is 32.9 Å². The fourth-order valence-corrected chi connectivity index (χ4v) is 6.56. The van der Waals surface area contributed by atoms with Crippen LogP contribution in [0.3, 0.4) is 0 Å². The van der Waals surface area contributed by atoms with Gasteiger partial charge in [0, 0.05) is 6.92 Å². The molecule has 0 bridgehead atoms. The highest BCUT2D eigenvalue weighted by Crippen LogP contribution is 2.38. The molecule has 8 nitrogen and oxygen atoms in total. The van der Waals surface area contributed by atoms with Gasteiger partial charge in [0.1, 0.15) is 13.2 Å². The molecule has 46 heavy (non-hydrogen) atoms. The molecule has 0 radical (unpaired) electrons. The molecule has 0 fully saturated rings. The highest BCUT2D eigenvalue weighted by Gasteiger charge is 2.23. The molecule has 0 saturated heterocycles. The second-order valence-electron chi connectivity index (χ2n) is 14.7. The van der Waals surface area contributed by atoms with Gasteiger partial charge in [0.05, 0.1) is 39.9 Å². The first-order valence-electron chi connectivity index (χ1n) is 19.3. The number of phosphoric acid groups is 1. The molecule has 0 spiro atoms. The quantitative estimate of drug-likeness (QED) is 0.0394. The van der Waals surface area contributed by atoms with Crippen molar-refractivity contribution in [3.63, 3.8) is 0 Å². The number of quaternary nitrogens is 1. The fraction of sp³-hybridized carbons (Fsp3) is 0.973. The van der Waals surface area contributed by atoms with Crippen LogP contribution in [0, 0.1) is 0 Å². The smallest absolute Gasteiger partial charge is 0.268 e. The number of aliphatic hydroxyl groups excluding tert-OH is 1. The summed E-state index contributed by atoms with van der Waals surface area (Å²) in [4.78, 5) is 23.7. The topological polar surface area (TPSA) is 108 Å². The summed E-state index contributed by atoms with van der Waals surface area (Å²) in [5, 5.41) is 13.2. The molecule has 0 saturated carbocycles. The van der Waals surface area contributed by atoms with Gasteiger partial charge in [0.25, 0.3) is 7.82 Å². The normalized spacial score (nSPS) is 14.7. The van der Waals surface area contributed by atoms with E-state index in [1.54, 1.807) is 0 Å². The molecule has 1 amide bonds. The molecule has 0 heterocycles. The molecule has 9 heteroatoms. The second kappa shape index (κ2) is 30.6. The molecule has 0 aromatic rings. The van der Waals surface area contributed by atoms with E-state index >= 15 is 0 Å². The van der Waals surface area contributed by atoms with Crippen LogP contribution in [0.1, 0.15) is 181 Å². The first kappa shape index (κ1) is 45.5. The van der Waals surface area contributed by atoms with Gasteiger partial charge in [0.2, 0.25) is 5.91 Å². The SMILES string of the molecule is CCCCCCCCCCCCCCCCCCCCCCCCCCCC(O)C(COP(=O)([O-])OCC[N+](C)(C)C)NC(C)=O. The van der Waals surface area contributed by atoms with E-state index in [2.05, 4.69) is 12.2 Å². The minimum absolute atomic E-state index is 0.0111. The lowest BCUT2D eigenvalue weighted by atomic mass is 10.0. The predicted octanol–water partition coefficient (Wildman–Crippen LogP) is 9.22. The van der Waals surface area contributed by atoms with Gasteiger partial charge in [-0.1, -0.05) is 167 Å². The predicted molar refractivity (Wildman–Crippen MR) is 192 cm³/mol. The zero-order valence-electron chi connectivity index (χ0n) is 31.0. The minimum atomic E-state index is -4.51. The molecule has 0 aromatic heterocycles.